The monoisotopic (exact) mass is 451 g/mol. The second-order valence-corrected chi connectivity index (χ2v) is 9.58. The van der Waals surface area contributed by atoms with Crippen molar-refractivity contribution in [2.45, 2.75) is 39.2 Å². The SMILES string of the molecule is Cc1ccccc1OCC(=O)N1CCC2(CC1)CCN(C(=S)NC(C)c1ccccc1)C2. The van der Waals surface area contributed by atoms with Gasteiger partial charge in [0, 0.05) is 26.2 Å². The predicted molar refractivity (Wildman–Crippen MR) is 132 cm³/mol. The van der Waals surface area contributed by atoms with Crippen molar-refractivity contribution in [2.75, 3.05) is 32.8 Å². The molecule has 0 aliphatic carbocycles. The lowest BCUT2D eigenvalue weighted by atomic mass is 9.78. The maximum atomic E-state index is 12.7. The number of benzene rings is 2. The molecule has 0 saturated carbocycles. The van der Waals surface area contributed by atoms with Crippen molar-refractivity contribution >= 4 is 23.2 Å². The lowest BCUT2D eigenvalue weighted by molar-refractivity contribution is -0.135. The number of nitrogens with one attached hydrogen (secondary N) is 1. The van der Waals surface area contributed by atoms with Gasteiger partial charge in [-0.1, -0.05) is 48.5 Å². The van der Waals surface area contributed by atoms with Crippen LogP contribution in [0.15, 0.2) is 54.6 Å². The Morgan fingerprint density at radius 1 is 1.03 bits per heavy atom. The lowest BCUT2D eigenvalue weighted by Gasteiger charge is -2.39. The number of likely N-dealkylation sites (tertiary alicyclic amines) is 2. The van der Waals surface area contributed by atoms with Gasteiger partial charge in [-0.25, -0.2) is 0 Å². The van der Waals surface area contributed by atoms with Crippen LogP contribution in [-0.2, 0) is 4.79 Å². The molecule has 170 valence electrons. The van der Waals surface area contributed by atoms with E-state index in [4.69, 9.17) is 17.0 Å². The maximum Gasteiger partial charge on any atom is 0.260 e. The molecule has 0 aromatic heterocycles. The van der Waals surface area contributed by atoms with Gasteiger partial charge in [-0.3, -0.25) is 4.79 Å². The fourth-order valence-electron chi connectivity index (χ4n) is 4.80. The van der Waals surface area contributed by atoms with Crippen molar-refractivity contribution in [3.8, 4) is 5.75 Å². The van der Waals surface area contributed by atoms with Crippen molar-refractivity contribution < 1.29 is 9.53 Å². The van der Waals surface area contributed by atoms with Gasteiger partial charge in [-0.05, 0) is 67.9 Å². The van der Waals surface area contributed by atoms with Crippen LogP contribution >= 0.6 is 12.2 Å². The van der Waals surface area contributed by atoms with Crippen molar-refractivity contribution in [3.63, 3.8) is 0 Å². The summed E-state index contributed by atoms with van der Waals surface area (Å²) in [6.45, 7) is 7.80. The minimum absolute atomic E-state index is 0.0758. The van der Waals surface area contributed by atoms with Crippen LogP contribution in [0.3, 0.4) is 0 Å². The Hall–Kier alpha value is -2.60. The topological polar surface area (TPSA) is 44.8 Å². The molecule has 1 spiro atoms. The molecule has 1 atom stereocenters. The first kappa shape index (κ1) is 22.6. The number of para-hydroxylation sites is 1. The van der Waals surface area contributed by atoms with Crippen LogP contribution in [0.4, 0.5) is 0 Å². The normalized spacial score (nSPS) is 18.4. The molecule has 2 saturated heterocycles. The number of ether oxygens (including phenoxy) is 1. The van der Waals surface area contributed by atoms with E-state index in [9.17, 15) is 4.79 Å². The molecule has 0 bridgehead atoms. The Morgan fingerprint density at radius 3 is 2.34 bits per heavy atom. The molecule has 1 amide bonds. The van der Waals surface area contributed by atoms with Crippen LogP contribution in [0, 0.1) is 12.3 Å². The second kappa shape index (κ2) is 9.90. The quantitative estimate of drug-likeness (QED) is 0.686. The number of carbonyl (C=O) groups is 1. The minimum Gasteiger partial charge on any atom is -0.484 e. The van der Waals surface area contributed by atoms with E-state index < -0.39 is 0 Å². The first-order valence-corrected chi connectivity index (χ1v) is 11.9. The Morgan fingerprint density at radius 2 is 1.66 bits per heavy atom. The summed E-state index contributed by atoms with van der Waals surface area (Å²) in [4.78, 5) is 16.9. The van der Waals surface area contributed by atoms with E-state index in [0.29, 0.717) is 0 Å². The summed E-state index contributed by atoms with van der Waals surface area (Å²) in [5.74, 6) is 0.860. The maximum absolute atomic E-state index is 12.7. The highest BCUT2D eigenvalue weighted by atomic mass is 32.1. The molecular weight excluding hydrogens is 418 g/mol. The van der Waals surface area contributed by atoms with Crippen LogP contribution in [0.1, 0.15) is 43.4 Å². The second-order valence-electron chi connectivity index (χ2n) is 9.19. The Labute approximate surface area is 196 Å². The first-order valence-electron chi connectivity index (χ1n) is 11.5. The summed E-state index contributed by atoms with van der Waals surface area (Å²) < 4.78 is 5.77. The fraction of sp³-hybridized carbons (Fsp3) is 0.462. The molecule has 2 aliphatic rings. The van der Waals surface area contributed by atoms with Crippen molar-refractivity contribution in [2.24, 2.45) is 5.41 Å². The highest BCUT2D eigenvalue weighted by Crippen LogP contribution is 2.40. The van der Waals surface area contributed by atoms with Crippen LogP contribution in [0.5, 0.6) is 5.75 Å². The highest BCUT2D eigenvalue weighted by molar-refractivity contribution is 7.80. The molecule has 4 rings (SSSR count). The van der Waals surface area contributed by atoms with Crippen molar-refractivity contribution in [3.05, 3.63) is 65.7 Å². The smallest absolute Gasteiger partial charge is 0.260 e. The van der Waals surface area contributed by atoms with Gasteiger partial charge >= 0.3 is 0 Å². The van der Waals surface area contributed by atoms with Gasteiger partial charge in [0.25, 0.3) is 5.91 Å². The van der Waals surface area contributed by atoms with Gasteiger partial charge in [0.05, 0.1) is 6.04 Å². The number of hydrogen-bond acceptors (Lipinski definition) is 3. The molecule has 6 heteroatoms. The standard InChI is InChI=1S/C26H33N3O2S/c1-20-8-6-7-11-23(20)31-18-24(30)28-15-12-26(13-16-28)14-17-29(19-26)25(32)27-21(2)22-9-4-3-5-10-22/h3-11,21H,12-19H2,1-2H3,(H,27,32). The average Bonchev–Trinajstić information content (AvgIpc) is 3.23. The van der Waals surface area contributed by atoms with Crippen LogP contribution in [0.2, 0.25) is 0 Å². The van der Waals surface area contributed by atoms with Gasteiger partial charge in [0.15, 0.2) is 11.7 Å². The van der Waals surface area contributed by atoms with Gasteiger partial charge in [-0.2, -0.15) is 0 Å². The zero-order valence-corrected chi connectivity index (χ0v) is 19.9. The molecule has 1 N–H and O–H groups in total. The molecule has 2 heterocycles. The largest absolute Gasteiger partial charge is 0.484 e. The van der Waals surface area contributed by atoms with Gasteiger partial charge < -0.3 is 19.9 Å². The Balaban J connectivity index is 1.24. The zero-order valence-electron chi connectivity index (χ0n) is 19.0. The van der Waals surface area contributed by atoms with E-state index in [1.165, 1.54) is 5.56 Å². The number of aryl methyl sites for hydroxylation is 1. The molecule has 2 aliphatic heterocycles. The Bertz CT molecular complexity index is 941. The Kier molecular flexibility index (Phi) is 6.99. The van der Waals surface area contributed by atoms with E-state index in [2.05, 4.69) is 41.4 Å². The van der Waals surface area contributed by atoms with Crippen molar-refractivity contribution in [1.29, 1.82) is 0 Å². The molecule has 2 aromatic carbocycles. The van der Waals surface area contributed by atoms with Crippen molar-refractivity contribution in [1.82, 2.24) is 15.1 Å². The van der Waals surface area contributed by atoms with E-state index >= 15 is 0 Å². The van der Waals surface area contributed by atoms with Crippen LogP contribution < -0.4 is 10.1 Å². The molecule has 0 radical (unpaired) electrons. The predicted octanol–water partition coefficient (Wildman–Crippen LogP) is 4.32. The van der Waals surface area contributed by atoms with Crippen LogP contribution in [0.25, 0.3) is 0 Å². The molecule has 1 unspecified atom stereocenters. The van der Waals surface area contributed by atoms with Gasteiger partial charge in [0.2, 0.25) is 0 Å². The number of piperidine rings is 1. The molecular formula is C26H33N3O2S. The number of carbonyl (C=O) groups excluding carboxylic acids is 1. The average molecular weight is 452 g/mol. The van der Waals surface area contributed by atoms with Gasteiger partial charge in [-0.15, -0.1) is 0 Å². The minimum atomic E-state index is 0.0758. The third kappa shape index (κ3) is 5.23. The van der Waals surface area contributed by atoms with Crippen LogP contribution in [-0.4, -0.2) is 53.6 Å². The number of nitrogens with zero attached hydrogens (tertiary/aromatic N) is 2. The summed E-state index contributed by atoms with van der Waals surface area (Å²) in [5.41, 5.74) is 2.55. The zero-order chi connectivity index (χ0) is 22.6. The molecule has 32 heavy (non-hydrogen) atoms. The first-order chi connectivity index (χ1) is 15.5. The third-order valence-corrected chi connectivity index (χ3v) is 7.36. The summed E-state index contributed by atoms with van der Waals surface area (Å²) in [7, 11) is 0. The molecule has 2 aromatic rings. The van der Waals surface area contributed by atoms with E-state index in [1.54, 1.807) is 0 Å². The fourth-order valence-corrected chi connectivity index (χ4v) is 5.13. The summed E-state index contributed by atoms with van der Waals surface area (Å²) in [5, 5.41) is 4.34. The lowest BCUT2D eigenvalue weighted by Crippen LogP contribution is -2.47. The van der Waals surface area contributed by atoms with E-state index in [1.807, 2.05) is 42.2 Å². The highest BCUT2D eigenvalue weighted by Gasteiger charge is 2.42. The van der Waals surface area contributed by atoms with E-state index in [-0.39, 0.29) is 24.0 Å². The number of rotatable bonds is 5. The molecule has 2 fully saturated rings. The number of hydrogen-bond donors (Lipinski definition) is 1. The van der Waals surface area contributed by atoms with E-state index in [0.717, 1.165) is 61.9 Å². The number of thiocarbonyl (C=S) groups is 1. The number of amides is 1. The third-order valence-electron chi connectivity index (χ3n) is 6.99. The molecule has 5 nitrogen and oxygen atoms in total. The van der Waals surface area contributed by atoms with Gasteiger partial charge in [0.1, 0.15) is 5.75 Å². The summed E-state index contributed by atoms with van der Waals surface area (Å²) in [6, 6.07) is 18.4. The summed E-state index contributed by atoms with van der Waals surface area (Å²) >= 11 is 5.73. The summed E-state index contributed by atoms with van der Waals surface area (Å²) in [6.07, 6.45) is 3.18.